The molecule has 0 amide bonds. The molecule has 1 rings (SSSR count). The Bertz CT molecular complexity index is 258. The van der Waals surface area contributed by atoms with E-state index in [-0.39, 0.29) is 0 Å². The Morgan fingerprint density at radius 2 is 2.00 bits per heavy atom. The Labute approximate surface area is 71.0 Å². The van der Waals surface area contributed by atoms with Crippen molar-refractivity contribution in [1.29, 1.82) is 5.26 Å². The zero-order valence-electron chi connectivity index (χ0n) is 6.37. The van der Waals surface area contributed by atoms with Gasteiger partial charge >= 0.3 is 0 Å². The molecule has 1 aromatic carbocycles. The van der Waals surface area contributed by atoms with E-state index >= 15 is 0 Å². The van der Waals surface area contributed by atoms with Gasteiger partial charge in [-0.15, -0.1) is 0 Å². The first-order valence-corrected chi connectivity index (χ1v) is 4.38. The second kappa shape index (κ2) is 4.05. The molecule has 0 saturated carbocycles. The minimum absolute atomic E-state index is 0.788. The number of aryl methyl sites for hydroxylation is 1. The zero-order chi connectivity index (χ0) is 8.10. The topological polar surface area (TPSA) is 23.8 Å². The molecule has 0 aliphatic rings. The summed E-state index contributed by atoms with van der Waals surface area (Å²) in [4.78, 5) is 0. The van der Waals surface area contributed by atoms with E-state index in [1.807, 2.05) is 5.40 Å². The number of nitrogens with zero attached hydrogens (tertiary/aromatic N) is 1. The van der Waals surface area contributed by atoms with Crippen LogP contribution in [0, 0.1) is 17.6 Å². The van der Waals surface area contributed by atoms with E-state index in [0.717, 1.165) is 5.75 Å². The van der Waals surface area contributed by atoms with Crippen LogP contribution >= 0.6 is 11.8 Å². The molecule has 0 heterocycles. The Kier molecular flexibility index (Phi) is 3.00. The van der Waals surface area contributed by atoms with Crippen LogP contribution in [0.3, 0.4) is 0 Å². The summed E-state index contributed by atoms with van der Waals surface area (Å²) in [5, 5.41) is 10.3. The van der Waals surface area contributed by atoms with Gasteiger partial charge in [0.2, 0.25) is 0 Å². The van der Waals surface area contributed by atoms with E-state index in [4.69, 9.17) is 5.26 Å². The van der Waals surface area contributed by atoms with E-state index in [0.29, 0.717) is 0 Å². The van der Waals surface area contributed by atoms with E-state index in [2.05, 4.69) is 31.2 Å². The Morgan fingerprint density at radius 3 is 2.55 bits per heavy atom. The van der Waals surface area contributed by atoms with Crippen LogP contribution in [0.25, 0.3) is 0 Å². The monoisotopic (exact) mass is 163 g/mol. The van der Waals surface area contributed by atoms with Gasteiger partial charge in [-0.1, -0.05) is 29.8 Å². The van der Waals surface area contributed by atoms with Crippen molar-refractivity contribution in [2.75, 3.05) is 0 Å². The van der Waals surface area contributed by atoms with Crippen LogP contribution in [0.4, 0.5) is 0 Å². The van der Waals surface area contributed by atoms with Gasteiger partial charge in [-0.2, -0.15) is 5.26 Å². The Morgan fingerprint density at radius 1 is 1.36 bits per heavy atom. The quantitative estimate of drug-likeness (QED) is 0.626. The van der Waals surface area contributed by atoms with Crippen LogP contribution in [-0.2, 0) is 5.75 Å². The van der Waals surface area contributed by atoms with Crippen molar-refractivity contribution in [3.05, 3.63) is 35.4 Å². The Hall–Kier alpha value is -0.940. The number of thioether (sulfide) groups is 1. The van der Waals surface area contributed by atoms with E-state index < -0.39 is 0 Å². The van der Waals surface area contributed by atoms with Crippen LogP contribution in [0.15, 0.2) is 24.3 Å². The third-order valence-corrected chi connectivity index (χ3v) is 2.03. The van der Waals surface area contributed by atoms with E-state index in [9.17, 15) is 0 Å². The largest absolute Gasteiger partial charge is 0.185 e. The van der Waals surface area contributed by atoms with E-state index in [1.165, 1.54) is 22.9 Å². The molecule has 0 aromatic heterocycles. The molecule has 1 nitrogen and oxygen atoms in total. The smallest absolute Gasteiger partial charge is 0.133 e. The Balaban J connectivity index is 2.60. The predicted molar refractivity (Wildman–Crippen MR) is 48.1 cm³/mol. The molecule has 0 N–H and O–H groups in total. The molecule has 0 aliphatic carbocycles. The van der Waals surface area contributed by atoms with Crippen LogP contribution < -0.4 is 0 Å². The molecule has 0 atom stereocenters. The molecule has 11 heavy (non-hydrogen) atoms. The van der Waals surface area contributed by atoms with Crippen LogP contribution in [0.1, 0.15) is 11.1 Å². The number of benzene rings is 1. The molecule has 0 unspecified atom stereocenters. The summed E-state index contributed by atoms with van der Waals surface area (Å²) in [5.41, 5.74) is 2.47. The highest BCUT2D eigenvalue weighted by Gasteiger charge is 1.90. The van der Waals surface area contributed by atoms with Gasteiger partial charge in [0, 0.05) is 5.75 Å². The molecule has 0 spiro atoms. The fraction of sp³-hybridized carbons (Fsp3) is 0.222. The van der Waals surface area contributed by atoms with Gasteiger partial charge in [0.05, 0.1) is 0 Å². The van der Waals surface area contributed by atoms with Crippen molar-refractivity contribution < 1.29 is 0 Å². The number of thiocyanates is 1. The highest BCUT2D eigenvalue weighted by Crippen LogP contribution is 2.10. The average molecular weight is 163 g/mol. The standard InChI is InChI=1S/C9H9NS/c1-8-2-4-9(5-3-8)6-11-7-10/h2-5H,6H2,1H3. The fourth-order valence-electron chi connectivity index (χ4n) is 0.800. The minimum Gasteiger partial charge on any atom is -0.185 e. The SMILES string of the molecule is Cc1ccc(CSC#N)cc1. The minimum atomic E-state index is 0.788. The molecular formula is C9H9NS. The van der Waals surface area contributed by atoms with Gasteiger partial charge in [0.1, 0.15) is 5.40 Å². The maximum atomic E-state index is 8.30. The van der Waals surface area contributed by atoms with E-state index in [1.54, 1.807) is 0 Å². The van der Waals surface area contributed by atoms with Crippen LogP contribution in [0.5, 0.6) is 0 Å². The number of nitriles is 1. The van der Waals surface area contributed by atoms with Crippen molar-refractivity contribution in [3.8, 4) is 5.40 Å². The summed E-state index contributed by atoms with van der Waals surface area (Å²) < 4.78 is 0. The van der Waals surface area contributed by atoms with Crippen molar-refractivity contribution in [2.45, 2.75) is 12.7 Å². The first-order valence-electron chi connectivity index (χ1n) is 3.39. The van der Waals surface area contributed by atoms with Crippen molar-refractivity contribution in [1.82, 2.24) is 0 Å². The first kappa shape index (κ1) is 8.16. The summed E-state index contributed by atoms with van der Waals surface area (Å²) in [7, 11) is 0. The van der Waals surface area contributed by atoms with Crippen LogP contribution in [0.2, 0.25) is 0 Å². The summed E-state index contributed by atoms with van der Waals surface area (Å²) in [6.45, 7) is 2.06. The average Bonchev–Trinajstić information content (AvgIpc) is 2.04. The first-order chi connectivity index (χ1) is 5.33. The third kappa shape index (κ3) is 2.65. The molecule has 0 aliphatic heterocycles. The molecule has 0 saturated heterocycles. The summed E-state index contributed by atoms with van der Waals surface area (Å²) in [5.74, 6) is 0.788. The van der Waals surface area contributed by atoms with Crippen molar-refractivity contribution >= 4 is 11.8 Å². The second-order valence-electron chi connectivity index (χ2n) is 2.37. The molecular weight excluding hydrogens is 154 g/mol. The van der Waals surface area contributed by atoms with Gasteiger partial charge in [-0.25, -0.2) is 0 Å². The molecule has 0 fully saturated rings. The van der Waals surface area contributed by atoms with Crippen molar-refractivity contribution in [3.63, 3.8) is 0 Å². The second-order valence-corrected chi connectivity index (χ2v) is 3.13. The normalized spacial score (nSPS) is 9.09. The van der Waals surface area contributed by atoms with Gasteiger partial charge in [0.25, 0.3) is 0 Å². The van der Waals surface area contributed by atoms with Crippen molar-refractivity contribution in [2.24, 2.45) is 0 Å². The number of rotatable bonds is 2. The summed E-state index contributed by atoms with van der Waals surface area (Å²) in [6, 6.07) is 8.24. The van der Waals surface area contributed by atoms with Gasteiger partial charge in [-0.05, 0) is 24.2 Å². The highest BCUT2D eigenvalue weighted by molar-refractivity contribution is 8.02. The lowest BCUT2D eigenvalue weighted by Crippen LogP contribution is -1.78. The maximum Gasteiger partial charge on any atom is 0.133 e. The fourth-order valence-corrected chi connectivity index (χ4v) is 1.22. The number of hydrogen-bond donors (Lipinski definition) is 0. The van der Waals surface area contributed by atoms with Crippen LogP contribution in [-0.4, -0.2) is 0 Å². The molecule has 56 valence electrons. The molecule has 2 heteroatoms. The zero-order valence-corrected chi connectivity index (χ0v) is 7.19. The summed E-state index contributed by atoms with van der Waals surface area (Å²) >= 11 is 1.27. The molecule has 1 aromatic rings. The lowest BCUT2D eigenvalue weighted by atomic mass is 10.2. The highest BCUT2D eigenvalue weighted by atomic mass is 32.2. The number of hydrogen-bond acceptors (Lipinski definition) is 2. The molecule has 0 bridgehead atoms. The lowest BCUT2D eigenvalue weighted by Gasteiger charge is -1.95. The van der Waals surface area contributed by atoms with Gasteiger partial charge < -0.3 is 0 Å². The lowest BCUT2D eigenvalue weighted by molar-refractivity contribution is 1.37. The predicted octanol–water partition coefficient (Wildman–Crippen LogP) is 2.71. The molecule has 0 radical (unpaired) electrons. The van der Waals surface area contributed by atoms with Gasteiger partial charge in [-0.3, -0.25) is 0 Å². The summed E-state index contributed by atoms with van der Waals surface area (Å²) in [6.07, 6.45) is 0. The van der Waals surface area contributed by atoms with Gasteiger partial charge in [0.15, 0.2) is 0 Å². The third-order valence-electron chi connectivity index (χ3n) is 1.42. The maximum absolute atomic E-state index is 8.30.